The molecule has 1 heteroatoms. The van der Waals surface area contributed by atoms with Crippen LogP contribution in [0, 0.1) is 0 Å². The normalized spacial score (nSPS) is 12.3. The molecule has 1 aliphatic rings. The molecule has 1 nitrogen and oxygen atoms in total. The molecule has 0 unspecified atom stereocenters. The summed E-state index contributed by atoms with van der Waals surface area (Å²) in [6.07, 6.45) is 0.940. The van der Waals surface area contributed by atoms with Gasteiger partial charge < -0.3 is 4.57 Å². The molecule has 0 fully saturated rings. The summed E-state index contributed by atoms with van der Waals surface area (Å²) in [4.78, 5) is 0. The lowest BCUT2D eigenvalue weighted by Gasteiger charge is -2.12. The Morgan fingerprint density at radius 1 is 0.340 bits per heavy atom. The van der Waals surface area contributed by atoms with Crippen molar-refractivity contribution in [1.29, 1.82) is 0 Å². The van der Waals surface area contributed by atoms with Gasteiger partial charge in [-0.3, -0.25) is 0 Å². The number of hydrogen-bond donors (Lipinski definition) is 0. The molecule has 50 heavy (non-hydrogen) atoms. The molecule has 0 bridgehead atoms. The smallest absolute Gasteiger partial charge is 0.0541 e. The van der Waals surface area contributed by atoms with E-state index in [1.165, 1.54) is 104 Å². The van der Waals surface area contributed by atoms with Crippen LogP contribution < -0.4 is 0 Å². The summed E-state index contributed by atoms with van der Waals surface area (Å²) in [5.74, 6) is 0. The van der Waals surface area contributed by atoms with Gasteiger partial charge in [0.05, 0.1) is 11.0 Å². The maximum atomic E-state index is 2.45. The van der Waals surface area contributed by atoms with Crippen LogP contribution in [0.5, 0.6) is 0 Å². The van der Waals surface area contributed by atoms with Gasteiger partial charge in [0.1, 0.15) is 0 Å². The highest BCUT2D eigenvalue weighted by Gasteiger charge is 2.22. The Bertz CT molecular complexity index is 3010. The molecule has 1 aromatic heterocycles. The Balaban J connectivity index is 1.03. The molecule has 0 saturated carbocycles. The van der Waals surface area contributed by atoms with E-state index in [4.69, 9.17) is 0 Å². The van der Waals surface area contributed by atoms with Crippen LogP contribution >= 0.6 is 0 Å². The first kappa shape index (κ1) is 27.5. The SMILES string of the molecule is c1ccc2cc(-c3ccc4c(c3)Cc3c-4ccc4ccc(-n5c6ccccc6c6cc(-c7ccc8ccccc8c7)ccc65)cc34)ccc2c1. The monoisotopic (exact) mass is 633 g/mol. The molecule has 10 aromatic rings. The average Bonchev–Trinajstić information content (AvgIpc) is 3.72. The van der Waals surface area contributed by atoms with Gasteiger partial charge in [-0.05, 0) is 126 Å². The summed E-state index contributed by atoms with van der Waals surface area (Å²) in [5, 5.41) is 10.3. The number of hydrogen-bond acceptors (Lipinski definition) is 0. The molecule has 0 aliphatic heterocycles. The highest BCUT2D eigenvalue weighted by atomic mass is 15.0. The van der Waals surface area contributed by atoms with Crippen LogP contribution in [0.1, 0.15) is 11.1 Å². The molecule has 0 radical (unpaired) electrons. The molecule has 0 spiro atoms. The highest BCUT2D eigenvalue weighted by molar-refractivity contribution is 6.11. The summed E-state index contributed by atoms with van der Waals surface area (Å²) >= 11 is 0. The van der Waals surface area contributed by atoms with Gasteiger partial charge in [-0.1, -0.05) is 133 Å². The van der Waals surface area contributed by atoms with Gasteiger partial charge in [-0.15, -0.1) is 0 Å². The maximum Gasteiger partial charge on any atom is 0.0541 e. The first-order valence-electron chi connectivity index (χ1n) is 17.5. The van der Waals surface area contributed by atoms with E-state index in [0.717, 1.165) is 6.42 Å². The number of aromatic nitrogens is 1. The van der Waals surface area contributed by atoms with E-state index in [0.29, 0.717) is 0 Å². The van der Waals surface area contributed by atoms with Crippen molar-refractivity contribution in [2.75, 3.05) is 0 Å². The number of nitrogens with zero attached hydrogens (tertiary/aromatic N) is 1. The van der Waals surface area contributed by atoms with Crippen LogP contribution in [-0.2, 0) is 6.42 Å². The zero-order valence-electron chi connectivity index (χ0n) is 27.4. The molecule has 232 valence electrons. The molecule has 0 saturated heterocycles. The Morgan fingerprint density at radius 2 is 0.900 bits per heavy atom. The topological polar surface area (TPSA) is 4.93 Å². The fraction of sp³-hybridized carbons (Fsp3) is 0.0204. The van der Waals surface area contributed by atoms with Crippen molar-refractivity contribution in [2.45, 2.75) is 6.42 Å². The van der Waals surface area contributed by atoms with Gasteiger partial charge in [-0.2, -0.15) is 0 Å². The molecule has 0 atom stereocenters. The van der Waals surface area contributed by atoms with E-state index in [1.807, 2.05) is 0 Å². The van der Waals surface area contributed by atoms with Crippen LogP contribution in [0.15, 0.2) is 176 Å². The predicted molar refractivity (Wildman–Crippen MR) is 212 cm³/mol. The van der Waals surface area contributed by atoms with Crippen LogP contribution in [0.4, 0.5) is 0 Å². The minimum absolute atomic E-state index is 0.940. The Hall–Kier alpha value is -6.44. The van der Waals surface area contributed by atoms with Crippen LogP contribution in [-0.4, -0.2) is 4.57 Å². The number of benzene rings is 9. The first-order valence-corrected chi connectivity index (χ1v) is 17.5. The summed E-state index contributed by atoms with van der Waals surface area (Å²) in [6, 6.07) is 65.3. The summed E-state index contributed by atoms with van der Waals surface area (Å²) in [6.45, 7) is 0. The molecule has 0 amide bonds. The molecule has 9 aromatic carbocycles. The third-order valence-corrected chi connectivity index (χ3v) is 11.0. The van der Waals surface area contributed by atoms with Crippen molar-refractivity contribution in [3.8, 4) is 39.1 Å². The number of rotatable bonds is 3. The van der Waals surface area contributed by atoms with Gasteiger partial charge in [0, 0.05) is 16.5 Å². The van der Waals surface area contributed by atoms with Gasteiger partial charge in [0.25, 0.3) is 0 Å². The minimum Gasteiger partial charge on any atom is -0.309 e. The zero-order chi connectivity index (χ0) is 32.8. The van der Waals surface area contributed by atoms with Crippen molar-refractivity contribution in [3.63, 3.8) is 0 Å². The Morgan fingerprint density at radius 3 is 1.68 bits per heavy atom. The van der Waals surface area contributed by atoms with Crippen molar-refractivity contribution in [2.24, 2.45) is 0 Å². The van der Waals surface area contributed by atoms with Gasteiger partial charge >= 0.3 is 0 Å². The lowest BCUT2D eigenvalue weighted by atomic mass is 9.97. The van der Waals surface area contributed by atoms with E-state index < -0.39 is 0 Å². The molecule has 1 heterocycles. The predicted octanol–water partition coefficient (Wildman–Crippen LogP) is 13.1. The molecule has 0 N–H and O–H groups in total. The summed E-state index contributed by atoms with van der Waals surface area (Å²) in [7, 11) is 0. The van der Waals surface area contributed by atoms with Crippen molar-refractivity contribution in [1.82, 2.24) is 4.57 Å². The second-order valence-electron chi connectivity index (χ2n) is 13.8. The largest absolute Gasteiger partial charge is 0.309 e. The quantitative estimate of drug-likeness (QED) is 0.182. The van der Waals surface area contributed by atoms with Gasteiger partial charge in [-0.25, -0.2) is 0 Å². The van der Waals surface area contributed by atoms with E-state index in [9.17, 15) is 0 Å². The van der Waals surface area contributed by atoms with Crippen LogP contribution in [0.3, 0.4) is 0 Å². The molecule has 11 rings (SSSR count). The second-order valence-corrected chi connectivity index (χ2v) is 13.8. The summed E-state index contributed by atoms with van der Waals surface area (Å²) in [5.41, 5.74) is 14.2. The number of para-hydroxylation sites is 1. The van der Waals surface area contributed by atoms with Gasteiger partial charge in [0.2, 0.25) is 0 Å². The Kier molecular flexibility index (Phi) is 5.79. The van der Waals surface area contributed by atoms with E-state index in [1.54, 1.807) is 0 Å². The van der Waals surface area contributed by atoms with E-state index >= 15 is 0 Å². The minimum atomic E-state index is 0.940. The van der Waals surface area contributed by atoms with Crippen LogP contribution in [0.2, 0.25) is 0 Å². The lowest BCUT2D eigenvalue weighted by molar-refractivity contribution is 1.18. The van der Waals surface area contributed by atoms with E-state index in [2.05, 4.69) is 180 Å². The molecular formula is C49H31N. The standard InChI is InChI=1S/C49H31N/c1-3-9-34-25-36(15-13-31(34)7-1)38-19-22-42-40(27-38)29-46-43(42)23-18-33-17-21-41(30-45(33)46)50-48-12-6-5-11-44(48)47-28-39(20-24-49(47)50)37-16-14-32-8-2-4-10-35(32)26-37/h1-28,30H,29H2. The van der Waals surface area contributed by atoms with Crippen molar-refractivity contribution >= 4 is 54.1 Å². The lowest BCUT2D eigenvalue weighted by Crippen LogP contribution is -1.95. The zero-order valence-corrected chi connectivity index (χ0v) is 27.4. The molecule has 1 aliphatic carbocycles. The fourth-order valence-electron chi connectivity index (χ4n) is 8.49. The van der Waals surface area contributed by atoms with Crippen molar-refractivity contribution < 1.29 is 0 Å². The third-order valence-electron chi connectivity index (χ3n) is 11.0. The van der Waals surface area contributed by atoms with Crippen LogP contribution in [0.25, 0.3) is 93.2 Å². The van der Waals surface area contributed by atoms with Crippen molar-refractivity contribution in [3.05, 3.63) is 187 Å². The highest BCUT2D eigenvalue weighted by Crippen LogP contribution is 2.43. The third kappa shape index (κ3) is 4.14. The fourth-order valence-corrected chi connectivity index (χ4v) is 8.49. The number of fused-ring (bicyclic) bond motifs is 10. The van der Waals surface area contributed by atoms with Gasteiger partial charge in [0.15, 0.2) is 0 Å². The second kappa shape index (κ2) is 10.5. The summed E-state index contributed by atoms with van der Waals surface area (Å²) < 4.78 is 2.45. The average molecular weight is 634 g/mol. The van der Waals surface area contributed by atoms with E-state index in [-0.39, 0.29) is 0 Å². The maximum absolute atomic E-state index is 2.45. The Labute approximate surface area is 290 Å². The first-order chi connectivity index (χ1) is 24.7. The molecular weight excluding hydrogens is 603 g/mol.